The largest absolute Gasteiger partial charge is 0.479 e. The van der Waals surface area contributed by atoms with Gasteiger partial charge in [0, 0.05) is 0 Å². The maximum absolute atomic E-state index is 9.89. The van der Waals surface area contributed by atoms with Gasteiger partial charge in [0.1, 0.15) is 0 Å². The predicted octanol–water partition coefficient (Wildman–Crippen LogP) is 0.587. The normalized spacial score (nSPS) is 20.6. The van der Waals surface area contributed by atoms with Gasteiger partial charge < -0.3 is 14.9 Å². The molecule has 2 atom stereocenters. The number of carbonyl (C=O) groups is 2. The Morgan fingerprint density at radius 1 is 1.17 bits per heavy atom. The predicted molar refractivity (Wildman–Crippen MR) is 64.6 cm³/mol. The topological polar surface area (TPSA) is 87.1 Å². The summed E-state index contributed by atoms with van der Waals surface area (Å²) >= 11 is 0.961. The van der Waals surface area contributed by atoms with E-state index in [9.17, 15) is 9.59 Å². The van der Waals surface area contributed by atoms with E-state index in [1.807, 2.05) is 0 Å². The summed E-state index contributed by atoms with van der Waals surface area (Å²) in [6.07, 6.45) is -2.25. The number of hydrogen-bond donors (Lipinski definition) is 2. The molecular formula is C12H13KO5. The fraction of sp³-hybridized carbons (Fsp3) is 0.333. The molecule has 1 aliphatic rings. The Kier molecular flexibility index (Phi) is 6.48. The number of benzene rings is 1. The van der Waals surface area contributed by atoms with Crippen molar-refractivity contribution in [3.63, 3.8) is 0 Å². The number of aliphatic carboxylic acids is 2. The summed E-state index contributed by atoms with van der Waals surface area (Å²) < 4.78 is 5.57. The Bertz CT molecular complexity index is 411. The summed E-state index contributed by atoms with van der Waals surface area (Å²) in [7, 11) is 0. The maximum Gasteiger partial charge on any atom is 0.336 e. The summed E-state index contributed by atoms with van der Waals surface area (Å²) in [5.74, 6) is -2.44. The molecule has 0 bridgehead atoms. The molecule has 1 aliphatic heterocycles. The monoisotopic (exact) mass is 276 g/mol. The molecule has 6 heteroatoms. The Morgan fingerprint density at radius 3 is 1.89 bits per heavy atom. The van der Waals surface area contributed by atoms with Gasteiger partial charge >= 0.3 is 104 Å². The third-order valence-electron chi connectivity index (χ3n) is 2.51. The second-order valence-electron chi connectivity index (χ2n) is 3.99. The van der Waals surface area contributed by atoms with Gasteiger partial charge in [0.2, 0.25) is 0 Å². The Labute approximate surface area is 139 Å². The number of ether oxygens (including phenoxy) is 1. The van der Waals surface area contributed by atoms with Crippen LogP contribution in [0.2, 0.25) is 0 Å². The first-order chi connectivity index (χ1) is 8.45. The molecular weight excluding hydrogens is 263 g/mol. The molecule has 1 fully saturated rings. The van der Waals surface area contributed by atoms with Crippen LogP contribution in [0.25, 0.3) is 0 Å². The van der Waals surface area contributed by atoms with Crippen LogP contribution >= 0.6 is 0 Å². The molecule has 0 aromatic heterocycles. The molecule has 92 valence electrons. The van der Waals surface area contributed by atoms with Gasteiger partial charge in [0.25, 0.3) is 0 Å². The van der Waals surface area contributed by atoms with Crippen molar-refractivity contribution >= 4 is 60.9 Å². The second kappa shape index (κ2) is 7.37. The molecule has 2 rings (SSSR count). The second-order valence-corrected chi connectivity index (χ2v) is 5.10. The summed E-state index contributed by atoms with van der Waals surface area (Å²) in [5, 5.41) is 16.2. The standard InChI is InChI=1S/C8H9.C4H4O5.K/c1-7-3-5-8(2)6-4-7;5-3(6)1-2(9-1)4(7)8;/h3-6H,1H2,2H3;1-2H,(H,5,6)(H,7,8);. The summed E-state index contributed by atoms with van der Waals surface area (Å²) in [6.45, 7) is 2.13. The maximum atomic E-state index is 9.89. The summed E-state index contributed by atoms with van der Waals surface area (Å²) in [5.41, 5.74) is 2.86. The van der Waals surface area contributed by atoms with Gasteiger partial charge in [0.15, 0.2) is 12.2 Å². The first-order valence-corrected chi connectivity index (χ1v) is 7.83. The van der Waals surface area contributed by atoms with E-state index in [1.165, 1.54) is 11.6 Å². The Morgan fingerprint density at radius 2 is 1.61 bits per heavy atom. The van der Waals surface area contributed by atoms with E-state index < -0.39 is 24.1 Å². The Hall–Kier alpha value is -0.244. The van der Waals surface area contributed by atoms with Crippen LogP contribution in [0.3, 0.4) is 0 Å². The van der Waals surface area contributed by atoms with Crippen LogP contribution in [0.1, 0.15) is 11.1 Å². The smallest absolute Gasteiger partial charge is 0.336 e. The molecule has 2 N–H and O–H groups in total. The van der Waals surface area contributed by atoms with Crippen molar-refractivity contribution in [2.75, 3.05) is 0 Å². The van der Waals surface area contributed by atoms with Gasteiger partial charge in [-0.1, -0.05) is 0 Å². The molecule has 1 heterocycles. The average molecular weight is 276 g/mol. The number of carboxylic acid groups (broad SMARTS) is 2. The Balaban J connectivity index is 0.000000180. The number of carboxylic acids is 2. The van der Waals surface area contributed by atoms with E-state index in [1.54, 1.807) is 0 Å². The molecule has 0 radical (unpaired) electrons. The number of aryl methyl sites for hydroxylation is 1. The van der Waals surface area contributed by atoms with Gasteiger partial charge in [-0.2, -0.15) is 0 Å². The van der Waals surface area contributed by atoms with Crippen LogP contribution in [-0.4, -0.2) is 83.3 Å². The zero-order chi connectivity index (χ0) is 13.7. The molecule has 0 amide bonds. The van der Waals surface area contributed by atoms with Gasteiger partial charge in [0.05, 0.1) is 0 Å². The fourth-order valence-electron chi connectivity index (χ4n) is 1.31. The minimum atomic E-state index is -1.22. The van der Waals surface area contributed by atoms with Crippen LogP contribution in [0.15, 0.2) is 24.3 Å². The van der Waals surface area contributed by atoms with Crippen molar-refractivity contribution < 1.29 is 24.5 Å². The van der Waals surface area contributed by atoms with Crippen molar-refractivity contribution in [1.82, 2.24) is 0 Å². The number of epoxide rings is 1. The number of hydrogen-bond acceptors (Lipinski definition) is 3. The van der Waals surface area contributed by atoms with Crippen LogP contribution < -0.4 is 0 Å². The third kappa shape index (κ3) is 5.17. The quantitative estimate of drug-likeness (QED) is 0.623. The van der Waals surface area contributed by atoms with E-state index in [0.717, 1.165) is 49.0 Å². The van der Waals surface area contributed by atoms with Crippen LogP contribution in [0.5, 0.6) is 0 Å². The summed E-state index contributed by atoms with van der Waals surface area (Å²) in [6, 6.07) is 8.81. The number of rotatable bonds is 3. The molecule has 1 aromatic rings. The van der Waals surface area contributed by atoms with Crippen molar-refractivity contribution in [2.24, 2.45) is 0 Å². The van der Waals surface area contributed by atoms with Crippen molar-refractivity contribution in [3.8, 4) is 0 Å². The summed E-state index contributed by atoms with van der Waals surface area (Å²) in [4.78, 5) is 19.8. The third-order valence-corrected chi connectivity index (χ3v) is 3.78. The molecule has 0 spiro atoms. The van der Waals surface area contributed by atoms with Crippen molar-refractivity contribution in [3.05, 3.63) is 35.4 Å². The van der Waals surface area contributed by atoms with Gasteiger partial charge in [-0.15, -0.1) is 0 Å². The average Bonchev–Trinajstić information content (AvgIpc) is 3.11. The van der Waals surface area contributed by atoms with Crippen molar-refractivity contribution in [2.45, 2.75) is 19.6 Å². The molecule has 0 saturated carbocycles. The molecule has 18 heavy (non-hydrogen) atoms. The van der Waals surface area contributed by atoms with Crippen LogP contribution in [0.4, 0.5) is 0 Å². The van der Waals surface area contributed by atoms with Crippen molar-refractivity contribution in [1.29, 1.82) is 0 Å². The van der Waals surface area contributed by atoms with E-state index in [-0.39, 0.29) is 0 Å². The minimum absolute atomic E-state index is 0.961. The molecule has 0 aliphatic carbocycles. The first-order valence-electron chi connectivity index (χ1n) is 5.62. The van der Waals surface area contributed by atoms with E-state index >= 15 is 0 Å². The van der Waals surface area contributed by atoms with Crippen LogP contribution in [0, 0.1) is 6.92 Å². The van der Waals surface area contributed by atoms with E-state index in [4.69, 9.17) is 10.2 Å². The molecule has 1 saturated heterocycles. The zero-order valence-electron chi connectivity index (χ0n) is 10.3. The van der Waals surface area contributed by atoms with E-state index in [0.29, 0.717) is 0 Å². The molecule has 5 nitrogen and oxygen atoms in total. The van der Waals surface area contributed by atoms with E-state index in [2.05, 4.69) is 35.9 Å². The van der Waals surface area contributed by atoms with Crippen LogP contribution in [-0.2, 0) is 14.8 Å². The first kappa shape index (κ1) is 15.8. The van der Waals surface area contributed by atoms with Gasteiger partial charge in [-0.25, -0.2) is 9.59 Å². The fourth-order valence-corrected chi connectivity index (χ4v) is 2.05. The molecule has 2 unspecified atom stereocenters. The zero-order valence-corrected chi connectivity index (χ0v) is 13.4. The van der Waals surface area contributed by atoms with Gasteiger partial charge in [-0.05, 0) is 0 Å². The SMILES string of the molecule is Cc1ccc([CH2][K])cc1.O=C(O)C1OC1C(=O)O. The minimum Gasteiger partial charge on any atom is -0.479 e. The van der Waals surface area contributed by atoms with Gasteiger partial charge in [-0.3, -0.25) is 0 Å². The molecule has 1 aromatic carbocycles.